The van der Waals surface area contributed by atoms with Crippen molar-refractivity contribution in [3.8, 4) is 0 Å². The number of pyridine rings is 1. The Hall–Kier alpha value is -3.12. The quantitative estimate of drug-likeness (QED) is 0.290. The van der Waals surface area contributed by atoms with Gasteiger partial charge in [-0.3, -0.25) is 9.78 Å². The molecule has 1 N–H and O–H groups in total. The lowest BCUT2D eigenvalue weighted by Crippen LogP contribution is -2.43. The van der Waals surface area contributed by atoms with E-state index in [1.165, 1.54) is 24.0 Å². The van der Waals surface area contributed by atoms with Crippen LogP contribution in [0, 0.1) is 18.8 Å². The highest BCUT2D eigenvalue weighted by Gasteiger charge is 2.28. The predicted octanol–water partition coefficient (Wildman–Crippen LogP) is 6.63. The van der Waals surface area contributed by atoms with Crippen LogP contribution in [0.5, 0.6) is 0 Å². The number of aromatic nitrogens is 3. The van der Waals surface area contributed by atoms with E-state index in [2.05, 4.69) is 72.0 Å². The van der Waals surface area contributed by atoms with Crippen LogP contribution < -0.4 is 5.32 Å². The summed E-state index contributed by atoms with van der Waals surface area (Å²) in [6.45, 7) is 7.34. The van der Waals surface area contributed by atoms with Gasteiger partial charge in [-0.2, -0.15) is 0 Å². The molecule has 0 unspecified atom stereocenters. The number of rotatable bonds is 7. The number of hydrogen-bond acceptors (Lipinski definition) is 4. The van der Waals surface area contributed by atoms with Crippen molar-refractivity contribution >= 4 is 28.7 Å². The maximum atomic E-state index is 12.9. The van der Waals surface area contributed by atoms with E-state index < -0.39 is 0 Å². The summed E-state index contributed by atoms with van der Waals surface area (Å²) in [6, 6.07) is 18.9. The van der Waals surface area contributed by atoms with Gasteiger partial charge in [0.25, 0.3) is 5.91 Å². The fraction of sp³-hybridized carbons (Fsp3) is 0.367. The number of nitrogens with one attached hydrogen (secondary N) is 1. The average Bonchev–Trinajstić information content (AvgIpc) is 3.24. The van der Waals surface area contributed by atoms with E-state index in [9.17, 15) is 4.79 Å². The molecule has 0 aliphatic heterocycles. The molecule has 4 aromatic rings. The molecule has 2 aromatic carbocycles. The third kappa shape index (κ3) is 5.49. The zero-order chi connectivity index (χ0) is 25.1. The summed E-state index contributed by atoms with van der Waals surface area (Å²) < 4.78 is 2.22. The van der Waals surface area contributed by atoms with Crippen LogP contribution in [0.15, 0.2) is 72.1 Å². The fourth-order valence-corrected chi connectivity index (χ4v) is 5.99. The first kappa shape index (κ1) is 24.6. The summed E-state index contributed by atoms with van der Waals surface area (Å²) in [7, 11) is 0. The topological polar surface area (TPSA) is 59.8 Å². The largest absolute Gasteiger partial charge is 0.349 e. The Labute approximate surface area is 217 Å². The first-order valence-electron chi connectivity index (χ1n) is 12.9. The lowest BCUT2D eigenvalue weighted by Gasteiger charge is -2.34. The van der Waals surface area contributed by atoms with Crippen molar-refractivity contribution in [1.82, 2.24) is 19.9 Å². The van der Waals surface area contributed by atoms with Gasteiger partial charge < -0.3 is 9.88 Å². The summed E-state index contributed by atoms with van der Waals surface area (Å²) in [5.74, 6) is 2.05. The number of thioether (sulfide) groups is 1. The van der Waals surface area contributed by atoms with E-state index in [1.54, 1.807) is 18.0 Å². The van der Waals surface area contributed by atoms with Crippen molar-refractivity contribution in [3.05, 3.63) is 89.2 Å². The minimum Gasteiger partial charge on any atom is -0.349 e. The summed E-state index contributed by atoms with van der Waals surface area (Å²) in [5, 5.41) is 4.26. The number of carbonyl (C=O) groups is 1. The summed E-state index contributed by atoms with van der Waals surface area (Å²) in [6.07, 6.45) is 7.18. The van der Waals surface area contributed by atoms with Crippen LogP contribution in [0.4, 0.5) is 0 Å². The Morgan fingerprint density at radius 2 is 1.78 bits per heavy atom. The summed E-state index contributed by atoms with van der Waals surface area (Å²) in [4.78, 5) is 22.2. The third-order valence-corrected chi connectivity index (χ3v) is 8.63. The first-order valence-corrected chi connectivity index (χ1v) is 13.8. The minimum atomic E-state index is 0.0270. The highest BCUT2D eigenvalue weighted by molar-refractivity contribution is 7.98. The van der Waals surface area contributed by atoms with Gasteiger partial charge in [0, 0.05) is 23.6 Å². The Morgan fingerprint density at radius 1 is 1.03 bits per heavy atom. The van der Waals surface area contributed by atoms with E-state index in [0.29, 0.717) is 18.4 Å². The number of carbonyl (C=O) groups excluding carboxylic acids is 1. The third-order valence-electron chi connectivity index (χ3n) is 7.58. The molecule has 5 rings (SSSR count). The predicted molar refractivity (Wildman–Crippen MR) is 147 cm³/mol. The lowest BCUT2D eigenvalue weighted by atomic mass is 9.78. The Kier molecular flexibility index (Phi) is 7.42. The zero-order valence-corrected chi connectivity index (χ0v) is 22.1. The number of amides is 1. The van der Waals surface area contributed by atoms with Crippen molar-refractivity contribution in [1.29, 1.82) is 0 Å². The van der Waals surface area contributed by atoms with Gasteiger partial charge in [-0.05, 0) is 54.5 Å². The van der Waals surface area contributed by atoms with Gasteiger partial charge in [0.15, 0.2) is 5.16 Å². The van der Waals surface area contributed by atoms with Gasteiger partial charge in [0.05, 0.1) is 23.8 Å². The minimum absolute atomic E-state index is 0.0270. The van der Waals surface area contributed by atoms with E-state index in [-0.39, 0.29) is 11.9 Å². The van der Waals surface area contributed by atoms with E-state index in [0.717, 1.165) is 39.5 Å². The number of hydrogen-bond donors (Lipinski definition) is 1. The molecular formula is C30H34N4OS. The molecule has 186 valence electrons. The second-order valence-corrected chi connectivity index (χ2v) is 11.1. The zero-order valence-electron chi connectivity index (χ0n) is 21.3. The lowest BCUT2D eigenvalue weighted by molar-refractivity contribution is 0.0891. The number of nitrogens with zero attached hydrogens (tertiary/aromatic N) is 3. The van der Waals surface area contributed by atoms with E-state index in [4.69, 9.17) is 4.98 Å². The summed E-state index contributed by atoms with van der Waals surface area (Å²) in [5.41, 5.74) is 6.36. The molecule has 0 saturated heterocycles. The molecule has 0 spiro atoms. The molecule has 0 radical (unpaired) electrons. The summed E-state index contributed by atoms with van der Waals surface area (Å²) >= 11 is 1.74. The van der Waals surface area contributed by atoms with Crippen LogP contribution in [0.2, 0.25) is 0 Å². The normalized spacial score (nSPS) is 19.9. The average molecular weight is 499 g/mol. The molecule has 36 heavy (non-hydrogen) atoms. The highest BCUT2D eigenvalue weighted by Crippen LogP contribution is 2.30. The van der Waals surface area contributed by atoms with Gasteiger partial charge in [0.1, 0.15) is 0 Å². The van der Waals surface area contributed by atoms with Crippen LogP contribution >= 0.6 is 11.8 Å². The molecule has 1 aliphatic rings. The molecule has 5 nitrogen and oxygen atoms in total. The number of fused-ring (bicyclic) bond motifs is 1. The number of imidazole rings is 1. The second-order valence-electron chi connectivity index (χ2n) is 10.2. The van der Waals surface area contributed by atoms with Gasteiger partial charge in [-0.1, -0.05) is 80.4 Å². The van der Waals surface area contributed by atoms with Crippen molar-refractivity contribution < 1.29 is 4.79 Å². The maximum Gasteiger partial charge on any atom is 0.251 e. The van der Waals surface area contributed by atoms with E-state index in [1.807, 2.05) is 24.4 Å². The van der Waals surface area contributed by atoms with Crippen molar-refractivity contribution in [2.45, 2.75) is 63.5 Å². The molecule has 0 bridgehead atoms. The van der Waals surface area contributed by atoms with Crippen LogP contribution in [-0.2, 0) is 12.3 Å². The molecule has 1 fully saturated rings. The van der Waals surface area contributed by atoms with E-state index >= 15 is 0 Å². The molecule has 1 aliphatic carbocycles. The standard InChI is InChI=1S/C30H34N4OS/c1-20-7-9-24(10-8-20)19-36-30-33-27-15-16-31-17-28(27)34(30)18-23-11-13-25(14-12-23)29(35)32-26-6-4-5-21(2)22(26)3/h7-17,21-22,26H,4-6,18-19H2,1-3H3,(H,32,35)/t21-,22-,26+/m0/s1. The van der Waals surface area contributed by atoms with Gasteiger partial charge in [0.2, 0.25) is 0 Å². The smallest absolute Gasteiger partial charge is 0.251 e. The molecule has 1 amide bonds. The second kappa shape index (κ2) is 10.9. The Balaban J connectivity index is 1.31. The maximum absolute atomic E-state index is 12.9. The van der Waals surface area contributed by atoms with Gasteiger partial charge >= 0.3 is 0 Å². The SMILES string of the molecule is Cc1ccc(CSc2nc3ccncc3n2Cc2ccc(C(=O)N[C@@H]3CCC[C@H](C)[C@@H]3C)cc2)cc1. The highest BCUT2D eigenvalue weighted by atomic mass is 32.2. The van der Waals surface area contributed by atoms with Crippen molar-refractivity contribution in [2.24, 2.45) is 11.8 Å². The molecule has 2 aromatic heterocycles. The molecule has 2 heterocycles. The molecule has 6 heteroatoms. The molecule has 3 atom stereocenters. The van der Waals surface area contributed by atoms with Gasteiger partial charge in [-0.15, -0.1) is 0 Å². The molecular weight excluding hydrogens is 464 g/mol. The fourth-order valence-electron chi connectivity index (χ4n) is 5.02. The van der Waals surface area contributed by atoms with Crippen LogP contribution in [-0.4, -0.2) is 26.5 Å². The Bertz CT molecular complexity index is 1330. The van der Waals surface area contributed by atoms with Crippen LogP contribution in [0.25, 0.3) is 11.0 Å². The van der Waals surface area contributed by atoms with Crippen LogP contribution in [0.1, 0.15) is 60.2 Å². The number of aryl methyl sites for hydroxylation is 1. The van der Waals surface area contributed by atoms with Gasteiger partial charge in [-0.25, -0.2) is 4.98 Å². The Morgan fingerprint density at radius 3 is 2.56 bits per heavy atom. The van der Waals surface area contributed by atoms with Crippen LogP contribution in [0.3, 0.4) is 0 Å². The van der Waals surface area contributed by atoms with Crippen molar-refractivity contribution in [3.63, 3.8) is 0 Å². The van der Waals surface area contributed by atoms with Crippen molar-refractivity contribution in [2.75, 3.05) is 0 Å². The monoisotopic (exact) mass is 498 g/mol. The first-order chi connectivity index (χ1) is 17.5. The molecule has 1 saturated carbocycles. The number of benzene rings is 2.